The molecule has 0 amide bonds. The zero-order valence-corrected chi connectivity index (χ0v) is 21.8. The first kappa shape index (κ1) is 27.2. The van der Waals surface area contributed by atoms with Crippen LogP contribution in [0.25, 0.3) is 10.9 Å². The quantitative estimate of drug-likeness (QED) is 0.284. The molecule has 3 N–H and O–H groups in total. The molecule has 2 heterocycles. The van der Waals surface area contributed by atoms with Crippen LogP contribution in [0.4, 0.5) is 8.78 Å². The molecule has 1 aromatic heterocycles. The Morgan fingerprint density at radius 3 is 2.81 bits per heavy atom. The molecule has 0 radical (unpaired) electrons. The molecule has 0 saturated heterocycles. The Bertz CT molecular complexity index is 1230. The number of ether oxygens (including phenoxy) is 1. The van der Waals surface area contributed by atoms with Crippen molar-refractivity contribution in [1.29, 1.82) is 0 Å². The molecule has 200 valence electrons. The number of halogens is 2. The molecule has 2 atom stereocenters. The number of para-hydroxylation sites is 1. The summed E-state index contributed by atoms with van der Waals surface area (Å²) >= 11 is 0. The van der Waals surface area contributed by atoms with Gasteiger partial charge in [-0.15, -0.1) is 0 Å². The van der Waals surface area contributed by atoms with Crippen LogP contribution in [0, 0.1) is 5.82 Å². The minimum Gasteiger partial charge on any atom is -0.481 e. The average Bonchev–Trinajstić information content (AvgIpc) is 3.20. The SMILES string of the molecule is C[C@@H](CC(=O)O)N1[C@H](c2cc(COCCNCCCF)ccc2F)c2[nH]c3ccccc3c2CC1(C)C. The second-order valence-electron chi connectivity index (χ2n) is 10.5. The number of aliphatic carboxylic acids is 1. The van der Waals surface area contributed by atoms with Crippen molar-refractivity contribution in [3.8, 4) is 0 Å². The van der Waals surface area contributed by atoms with E-state index < -0.39 is 17.6 Å². The molecule has 0 fully saturated rings. The first-order valence-corrected chi connectivity index (χ1v) is 13.0. The minimum atomic E-state index is -0.882. The van der Waals surface area contributed by atoms with Crippen LogP contribution in [0.15, 0.2) is 42.5 Å². The minimum absolute atomic E-state index is 0.0463. The van der Waals surface area contributed by atoms with Crippen molar-refractivity contribution in [2.45, 2.75) is 64.3 Å². The number of carboxylic acid groups (broad SMARTS) is 1. The summed E-state index contributed by atoms with van der Waals surface area (Å²) in [6, 6.07) is 12.3. The number of benzene rings is 2. The van der Waals surface area contributed by atoms with Crippen molar-refractivity contribution >= 4 is 16.9 Å². The third-order valence-electron chi connectivity index (χ3n) is 7.19. The first-order valence-electron chi connectivity index (χ1n) is 13.0. The van der Waals surface area contributed by atoms with E-state index in [1.165, 1.54) is 6.07 Å². The summed E-state index contributed by atoms with van der Waals surface area (Å²) in [4.78, 5) is 17.4. The Morgan fingerprint density at radius 1 is 1.27 bits per heavy atom. The fourth-order valence-corrected chi connectivity index (χ4v) is 5.71. The molecule has 0 unspecified atom stereocenters. The van der Waals surface area contributed by atoms with Gasteiger partial charge in [-0.2, -0.15) is 0 Å². The van der Waals surface area contributed by atoms with Crippen molar-refractivity contribution in [3.05, 3.63) is 70.7 Å². The lowest BCUT2D eigenvalue weighted by molar-refractivity contribution is -0.139. The number of alkyl halides is 1. The van der Waals surface area contributed by atoms with Crippen molar-refractivity contribution in [2.75, 3.05) is 26.4 Å². The van der Waals surface area contributed by atoms with Gasteiger partial charge in [-0.25, -0.2) is 4.39 Å². The second kappa shape index (κ2) is 11.7. The predicted octanol–water partition coefficient (Wildman–Crippen LogP) is 5.36. The van der Waals surface area contributed by atoms with Crippen LogP contribution < -0.4 is 5.32 Å². The standard InChI is InChI=1S/C29H37F2N3O3/c1-19(15-26(35)36)34-28(27-23(17-29(34,2)3)21-7-4-5-8-25(21)33-27)22-16-20(9-10-24(22)31)18-37-14-13-32-12-6-11-30/h4-5,7-10,16,19,28,32-33H,6,11-15,17-18H2,1-3H3,(H,35,36)/t19-,28+/m0/s1. The Hall–Kier alpha value is -2.81. The zero-order chi connectivity index (χ0) is 26.6. The maximum absolute atomic E-state index is 15.6. The number of nitrogens with zero attached hydrogens (tertiary/aromatic N) is 1. The summed E-state index contributed by atoms with van der Waals surface area (Å²) < 4.78 is 33.6. The lowest BCUT2D eigenvalue weighted by Crippen LogP contribution is -2.55. The van der Waals surface area contributed by atoms with Crippen LogP contribution in [0.1, 0.15) is 62.0 Å². The molecule has 8 heteroatoms. The molecule has 2 aromatic carbocycles. The van der Waals surface area contributed by atoms with Gasteiger partial charge in [-0.3, -0.25) is 14.1 Å². The Balaban J connectivity index is 1.70. The van der Waals surface area contributed by atoms with Gasteiger partial charge in [-0.1, -0.05) is 24.3 Å². The number of hydrogen-bond donors (Lipinski definition) is 3. The van der Waals surface area contributed by atoms with E-state index in [0.29, 0.717) is 44.7 Å². The molecule has 0 spiro atoms. The monoisotopic (exact) mass is 513 g/mol. The predicted molar refractivity (Wildman–Crippen MR) is 141 cm³/mol. The number of nitrogens with one attached hydrogen (secondary N) is 2. The number of aromatic nitrogens is 1. The van der Waals surface area contributed by atoms with Crippen molar-refractivity contribution in [2.24, 2.45) is 0 Å². The number of fused-ring (bicyclic) bond motifs is 3. The normalized spacial score (nSPS) is 18.1. The van der Waals surface area contributed by atoms with Gasteiger partial charge in [0.2, 0.25) is 0 Å². The molecule has 0 bridgehead atoms. The van der Waals surface area contributed by atoms with Crippen molar-refractivity contribution < 1.29 is 23.4 Å². The lowest BCUT2D eigenvalue weighted by atomic mass is 9.79. The van der Waals surface area contributed by atoms with Gasteiger partial charge in [0.1, 0.15) is 5.82 Å². The summed E-state index contributed by atoms with van der Waals surface area (Å²) in [5.41, 5.74) is 3.96. The summed E-state index contributed by atoms with van der Waals surface area (Å²) in [7, 11) is 0. The Labute approximate surface area is 217 Å². The van der Waals surface area contributed by atoms with E-state index in [0.717, 1.165) is 27.7 Å². The van der Waals surface area contributed by atoms with Gasteiger partial charge in [0.15, 0.2) is 0 Å². The average molecular weight is 514 g/mol. The van der Waals surface area contributed by atoms with Gasteiger partial charge < -0.3 is 20.1 Å². The maximum Gasteiger partial charge on any atom is 0.304 e. The molecule has 1 aliphatic heterocycles. The van der Waals surface area contributed by atoms with E-state index in [1.54, 1.807) is 6.07 Å². The number of aromatic amines is 1. The highest BCUT2D eigenvalue weighted by Gasteiger charge is 2.45. The van der Waals surface area contributed by atoms with Gasteiger partial charge in [-0.05, 0) is 69.5 Å². The number of hydrogen-bond acceptors (Lipinski definition) is 4. The van der Waals surface area contributed by atoms with Gasteiger partial charge in [0.05, 0.1) is 32.4 Å². The molecular weight excluding hydrogens is 476 g/mol. The third-order valence-corrected chi connectivity index (χ3v) is 7.19. The fraction of sp³-hybridized carbons (Fsp3) is 0.483. The zero-order valence-electron chi connectivity index (χ0n) is 21.8. The van der Waals surface area contributed by atoms with Crippen LogP contribution in [0.3, 0.4) is 0 Å². The van der Waals surface area contributed by atoms with E-state index in [9.17, 15) is 14.3 Å². The summed E-state index contributed by atoms with van der Waals surface area (Å²) in [5.74, 6) is -1.22. The molecule has 3 aromatic rings. The molecule has 0 aliphatic carbocycles. The van der Waals surface area contributed by atoms with Crippen LogP contribution in [-0.4, -0.2) is 58.9 Å². The summed E-state index contributed by atoms with van der Waals surface area (Å²) in [5, 5.41) is 13.8. The Kier molecular flexibility index (Phi) is 8.62. The second-order valence-corrected chi connectivity index (χ2v) is 10.5. The molecule has 0 saturated carbocycles. The smallest absolute Gasteiger partial charge is 0.304 e. The molecular formula is C29H37F2N3O3. The van der Waals surface area contributed by atoms with Gasteiger partial charge in [0, 0.05) is 40.3 Å². The number of carboxylic acids is 1. The highest BCUT2D eigenvalue weighted by atomic mass is 19.1. The number of carbonyl (C=O) groups is 1. The van der Waals surface area contributed by atoms with E-state index in [1.807, 2.05) is 31.2 Å². The largest absolute Gasteiger partial charge is 0.481 e. The lowest BCUT2D eigenvalue weighted by Gasteiger charge is -2.50. The maximum atomic E-state index is 15.6. The van der Waals surface area contributed by atoms with Crippen LogP contribution in [0.2, 0.25) is 0 Å². The van der Waals surface area contributed by atoms with Crippen molar-refractivity contribution in [3.63, 3.8) is 0 Å². The molecule has 1 aliphatic rings. The van der Waals surface area contributed by atoms with E-state index in [-0.39, 0.29) is 25.0 Å². The fourth-order valence-electron chi connectivity index (χ4n) is 5.71. The van der Waals surface area contributed by atoms with Gasteiger partial charge >= 0.3 is 5.97 Å². The van der Waals surface area contributed by atoms with Crippen molar-refractivity contribution in [1.82, 2.24) is 15.2 Å². The number of H-pyrrole nitrogens is 1. The summed E-state index contributed by atoms with van der Waals surface area (Å²) in [6.45, 7) is 7.76. The van der Waals surface area contributed by atoms with E-state index in [4.69, 9.17) is 4.74 Å². The van der Waals surface area contributed by atoms with Crippen LogP contribution in [0.5, 0.6) is 0 Å². The molecule has 6 nitrogen and oxygen atoms in total. The topological polar surface area (TPSA) is 77.6 Å². The number of rotatable bonds is 12. The summed E-state index contributed by atoms with van der Waals surface area (Å²) in [6.07, 6.45) is 1.15. The van der Waals surface area contributed by atoms with Crippen LogP contribution >= 0.6 is 0 Å². The molecule has 37 heavy (non-hydrogen) atoms. The highest BCUT2D eigenvalue weighted by molar-refractivity contribution is 5.85. The highest BCUT2D eigenvalue weighted by Crippen LogP contribution is 2.46. The van der Waals surface area contributed by atoms with E-state index in [2.05, 4.69) is 35.1 Å². The van der Waals surface area contributed by atoms with Gasteiger partial charge in [0.25, 0.3) is 0 Å². The van der Waals surface area contributed by atoms with E-state index >= 15 is 4.39 Å². The Morgan fingerprint density at radius 2 is 2.05 bits per heavy atom. The molecule has 4 rings (SSSR count). The third kappa shape index (κ3) is 6.03. The van der Waals surface area contributed by atoms with Crippen LogP contribution in [-0.2, 0) is 22.6 Å². The first-order chi connectivity index (χ1) is 17.7.